The van der Waals surface area contributed by atoms with Crippen LogP contribution in [0.25, 0.3) is 0 Å². The van der Waals surface area contributed by atoms with Crippen molar-refractivity contribution in [3.63, 3.8) is 0 Å². The van der Waals surface area contributed by atoms with Crippen LogP contribution < -0.4 is 9.47 Å². The molecule has 0 radical (unpaired) electrons. The maximum atomic E-state index is 14.1. The van der Waals surface area contributed by atoms with Gasteiger partial charge >= 0.3 is 0 Å². The maximum absolute atomic E-state index is 14.1. The highest BCUT2D eigenvalue weighted by atomic mass is 35.5. The Bertz CT molecular complexity index is 698. The maximum Gasteiger partial charge on any atom is 0.196 e. The molecule has 21 heavy (non-hydrogen) atoms. The minimum absolute atomic E-state index is 0.0712. The highest BCUT2D eigenvalue weighted by Gasteiger charge is 2.19. The average molecular weight is 309 g/mol. The molecule has 0 spiro atoms. The van der Waals surface area contributed by atoms with Crippen LogP contribution in [-0.2, 0) is 0 Å². The van der Waals surface area contributed by atoms with E-state index >= 15 is 0 Å². The summed E-state index contributed by atoms with van der Waals surface area (Å²) in [5, 5.41) is 0.525. The summed E-state index contributed by atoms with van der Waals surface area (Å²) < 4.78 is 24.2. The molecule has 0 amide bonds. The number of benzene rings is 2. The van der Waals surface area contributed by atoms with Crippen LogP contribution in [0.5, 0.6) is 11.5 Å². The van der Waals surface area contributed by atoms with E-state index in [4.69, 9.17) is 21.1 Å². The van der Waals surface area contributed by atoms with Crippen LogP contribution in [0.4, 0.5) is 4.39 Å². The Morgan fingerprint density at radius 3 is 2.24 bits per heavy atom. The number of methoxy groups -OCH3 is 2. The molecule has 0 unspecified atom stereocenters. The molecule has 110 valence electrons. The van der Waals surface area contributed by atoms with Crippen molar-refractivity contribution in [1.82, 2.24) is 0 Å². The van der Waals surface area contributed by atoms with Gasteiger partial charge in [0, 0.05) is 16.7 Å². The largest absolute Gasteiger partial charge is 0.493 e. The summed E-state index contributed by atoms with van der Waals surface area (Å²) in [6.07, 6.45) is 0. The van der Waals surface area contributed by atoms with Crippen molar-refractivity contribution in [2.24, 2.45) is 0 Å². The fraction of sp³-hybridized carbons (Fsp3) is 0.188. The number of carbonyl (C=O) groups excluding carboxylic acids is 1. The summed E-state index contributed by atoms with van der Waals surface area (Å²) in [4.78, 5) is 12.5. The molecule has 2 aromatic rings. The van der Waals surface area contributed by atoms with Gasteiger partial charge < -0.3 is 9.47 Å². The second-order valence-corrected chi connectivity index (χ2v) is 4.91. The molecule has 0 aliphatic heterocycles. The van der Waals surface area contributed by atoms with Crippen molar-refractivity contribution in [3.8, 4) is 11.5 Å². The highest BCUT2D eigenvalue weighted by molar-refractivity contribution is 6.30. The van der Waals surface area contributed by atoms with E-state index in [2.05, 4.69) is 0 Å². The first-order chi connectivity index (χ1) is 9.97. The first-order valence-electron chi connectivity index (χ1n) is 6.20. The number of rotatable bonds is 4. The first kappa shape index (κ1) is 15.3. The standard InChI is InChI=1S/C16H14ClFO3/c1-9-6-10(17)4-5-11(9)16(19)12-7-14(20-2)15(21-3)8-13(12)18/h4-8H,1-3H3. The van der Waals surface area contributed by atoms with Gasteiger partial charge in [-0.25, -0.2) is 4.39 Å². The van der Waals surface area contributed by atoms with Gasteiger partial charge in [0.15, 0.2) is 17.3 Å². The molecule has 5 heteroatoms. The highest BCUT2D eigenvalue weighted by Crippen LogP contribution is 2.31. The number of aryl methyl sites for hydroxylation is 1. The van der Waals surface area contributed by atoms with E-state index in [1.807, 2.05) is 0 Å². The SMILES string of the molecule is COc1cc(F)c(C(=O)c2ccc(Cl)cc2C)cc1OC. The van der Waals surface area contributed by atoms with Gasteiger partial charge in [-0.3, -0.25) is 4.79 Å². The van der Waals surface area contributed by atoms with Crippen molar-refractivity contribution < 1.29 is 18.7 Å². The van der Waals surface area contributed by atoms with E-state index < -0.39 is 11.6 Å². The molecule has 0 heterocycles. The van der Waals surface area contributed by atoms with Gasteiger partial charge in [0.05, 0.1) is 19.8 Å². The monoisotopic (exact) mass is 308 g/mol. The van der Waals surface area contributed by atoms with E-state index in [-0.39, 0.29) is 11.3 Å². The second-order valence-electron chi connectivity index (χ2n) is 4.48. The fourth-order valence-electron chi connectivity index (χ4n) is 2.06. The van der Waals surface area contributed by atoms with Crippen LogP contribution in [0, 0.1) is 12.7 Å². The topological polar surface area (TPSA) is 35.5 Å². The molecule has 0 aromatic heterocycles. The number of hydrogen-bond acceptors (Lipinski definition) is 3. The Balaban J connectivity index is 2.53. The van der Waals surface area contributed by atoms with Gasteiger partial charge in [-0.05, 0) is 36.8 Å². The zero-order valence-corrected chi connectivity index (χ0v) is 12.6. The van der Waals surface area contributed by atoms with Gasteiger partial charge in [-0.2, -0.15) is 0 Å². The Hall–Kier alpha value is -2.07. The summed E-state index contributed by atoms with van der Waals surface area (Å²) in [5.41, 5.74) is 1.00. The minimum Gasteiger partial charge on any atom is -0.493 e. The number of ether oxygens (including phenoxy) is 2. The average Bonchev–Trinajstić information content (AvgIpc) is 2.46. The molecule has 0 N–H and O–H groups in total. The van der Waals surface area contributed by atoms with E-state index in [1.165, 1.54) is 20.3 Å². The Labute approximate surface area is 127 Å². The molecule has 0 fully saturated rings. The third kappa shape index (κ3) is 3.00. The zero-order chi connectivity index (χ0) is 15.6. The molecular formula is C16H14ClFO3. The van der Waals surface area contributed by atoms with E-state index in [1.54, 1.807) is 25.1 Å². The van der Waals surface area contributed by atoms with Crippen molar-refractivity contribution in [3.05, 3.63) is 57.9 Å². The zero-order valence-electron chi connectivity index (χ0n) is 11.9. The summed E-state index contributed by atoms with van der Waals surface area (Å²) in [7, 11) is 2.83. The van der Waals surface area contributed by atoms with Crippen LogP contribution in [0.2, 0.25) is 5.02 Å². The van der Waals surface area contributed by atoms with Gasteiger partial charge in [-0.1, -0.05) is 11.6 Å². The molecule has 2 rings (SSSR count). The predicted molar refractivity (Wildman–Crippen MR) is 79.1 cm³/mol. The van der Waals surface area contributed by atoms with E-state index in [0.29, 0.717) is 21.9 Å². The Morgan fingerprint density at radius 2 is 1.67 bits per heavy atom. The Morgan fingerprint density at radius 1 is 1.05 bits per heavy atom. The normalized spacial score (nSPS) is 10.3. The third-order valence-corrected chi connectivity index (χ3v) is 3.39. The molecule has 2 aromatic carbocycles. The summed E-state index contributed by atoms with van der Waals surface area (Å²) in [6, 6.07) is 7.31. The molecule has 3 nitrogen and oxygen atoms in total. The smallest absolute Gasteiger partial charge is 0.196 e. The minimum atomic E-state index is -0.660. The quantitative estimate of drug-likeness (QED) is 0.800. The van der Waals surface area contributed by atoms with Crippen LogP contribution in [0.15, 0.2) is 30.3 Å². The van der Waals surface area contributed by atoms with E-state index in [0.717, 1.165) is 6.07 Å². The van der Waals surface area contributed by atoms with Crippen LogP contribution >= 0.6 is 11.6 Å². The molecule has 0 bridgehead atoms. The van der Waals surface area contributed by atoms with Crippen LogP contribution in [0.1, 0.15) is 21.5 Å². The lowest BCUT2D eigenvalue weighted by molar-refractivity contribution is 0.103. The molecular weight excluding hydrogens is 295 g/mol. The summed E-state index contributed by atoms with van der Waals surface area (Å²) in [5.74, 6) is -0.553. The molecule has 0 aliphatic carbocycles. The first-order valence-corrected chi connectivity index (χ1v) is 6.58. The molecule has 0 aliphatic rings. The number of halogens is 2. The molecule has 0 atom stereocenters. The summed E-state index contributed by atoms with van der Waals surface area (Å²) in [6.45, 7) is 1.75. The van der Waals surface area contributed by atoms with Gasteiger partial charge in [-0.15, -0.1) is 0 Å². The van der Waals surface area contributed by atoms with Crippen molar-refractivity contribution in [2.75, 3.05) is 14.2 Å². The molecule has 0 saturated heterocycles. The van der Waals surface area contributed by atoms with Crippen molar-refractivity contribution in [1.29, 1.82) is 0 Å². The number of hydrogen-bond donors (Lipinski definition) is 0. The lowest BCUT2D eigenvalue weighted by atomic mass is 9.98. The van der Waals surface area contributed by atoms with Gasteiger partial charge in [0.1, 0.15) is 5.82 Å². The lowest BCUT2D eigenvalue weighted by Gasteiger charge is -2.11. The molecule has 0 saturated carbocycles. The fourth-order valence-corrected chi connectivity index (χ4v) is 2.28. The van der Waals surface area contributed by atoms with Crippen molar-refractivity contribution in [2.45, 2.75) is 6.92 Å². The van der Waals surface area contributed by atoms with Gasteiger partial charge in [0.25, 0.3) is 0 Å². The van der Waals surface area contributed by atoms with Crippen LogP contribution in [-0.4, -0.2) is 20.0 Å². The second kappa shape index (κ2) is 6.14. The number of ketones is 1. The van der Waals surface area contributed by atoms with E-state index in [9.17, 15) is 9.18 Å². The summed E-state index contributed by atoms with van der Waals surface area (Å²) >= 11 is 5.86. The predicted octanol–water partition coefficient (Wildman–Crippen LogP) is 4.04. The van der Waals surface area contributed by atoms with Gasteiger partial charge in [0.2, 0.25) is 0 Å². The number of carbonyl (C=O) groups is 1. The van der Waals surface area contributed by atoms with Crippen LogP contribution in [0.3, 0.4) is 0 Å². The van der Waals surface area contributed by atoms with Crippen molar-refractivity contribution >= 4 is 17.4 Å². The third-order valence-electron chi connectivity index (χ3n) is 3.15. The lowest BCUT2D eigenvalue weighted by Crippen LogP contribution is -2.07. The Kier molecular flexibility index (Phi) is 4.48.